The van der Waals surface area contributed by atoms with Gasteiger partial charge < -0.3 is 11.1 Å². The number of benzene rings is 2. The number of hydrogen-bond donors (Lipinski definition) is 2. The van der Waals surface area contributed by atoms with E-state index in [-0.39, 0.29) is 17.5 Å². The van der Waals surface area contributed by atoms with E-state index in [0.29, 0.717) is 34.3 Å². The van der Waals surface area contributed by atoms with Gasteiger partial charge in [-0.25, -0.2) is 4.39 Å². The second-order valence-electron chi connectivity index (χ2n) is 5.99. The number of carbonyl (C=O) groups is 2. The number of aromatic nitrogens is 3. The van der Waals surface area contributed by atoms with Crippen molar-refractivity contribution in [1.29, 1.82) is 0 Å². The monoisotopic (exact) mass is 411 g/mol. The van der Waals surface area contributed by atoms with E-state index >= 15 is 0 Å². The Morgan fingerprint density at radius 1 is 1.14 bits per heavy atom. The number of carbonyl (C=O) groups excluding carboxylic acids is 2. The number of nitrogens with zero attached hydrogens (tertiary/aromatic N) is 3. The minimum absolute atomic E-state index is 0.107. The van der Waals surface area contributed by atoms with Crippen LogP contribution >= 0.6 is 11.8 Å². The number of anilines is 1. The van der Waals surface area contributed by atoms with Crippen LogP contribution in [-0.2, 0) is 11.3 Å². The zero-order valence-corrected chi connectivity index (χ0v) is 16.2. The van der Waals surface area contributed by atoms with E-state index in [4.69, 9.17) is 5.73 Å². The summed E-state index contributed by atoms with van der Waals surface area (Å²) in [5, 5.41) is 11.6. The van der Waals surface area contributed by atoms with Gasteiger partial charge in [-0.15, -0.1) is 16.8 Å². The van der Waals surface area contributed by atoms with Gasteiger partial charge in [0.15, 0.2) is 11.0 Å². The fourth-order valence-corrected chi connectivity index (χ4v) is 3.29. The second-order valence-corrected chi connectivity index (χ2v) is 6.93. The maximum absolute atomic E-state index is 13.2. The third kappa shape index (κ3) is 5.08. The Morgan fingerprint density at radius 2 is 1.83 bits per heavy atom. The van der Waals surface area contributed by atoms with Crippen LogP contribution in [0.5, 0.6) is 0 Å². The summed E-state index contributed by atoms with van der Waals surface area (Å²) in [6.45, 7) is 4.18. The summed E-state index contributed by atoms with van der Waals surface area (Å²) in [6.07, 6.45) is 1.70. The molecule has 0 aliphatic heterocycles. The van der Waals surface area contributed by atoms with Crippen molar-refractivity contribution in [3.8, 4) is 11.4 Å². The van der Waals surface area contributed by atoms with Crippen molar-refractivity contribution in [1.82, 2.24) is 14.8 Å². The fraction of sp³-hybridized carbons (Fsp3) is 0.100. The van der Waals surface area contributed by atoms with Crippen LogP contribution in [0.3, 0.4) is 0 Å². The smallest absolute Gasteiger partial charge is 0.248 e. The van der Waals surface area contributed by atoms with Crippen molar-refractivity contribution in [3.63, 3.8) is 0 Å². The van der Waals surface area contributed by atoms with Gasteiger partial charge >= 0.3 is 0 Å². The van der Waals surface area contributed by atoms with Gasteiger partial charge in [-0.3, -0.25) is 14.2 Å². The summed E-state index contributed by atoms with van der Waals surface area (Å²) in [6, 6.07) is 12.2. The molecule has 2 aromatic carbocycles. The van der Waals surface area contributed by atoms with Crippen LogP contribution < -0.4 is 11.1 Å². The summed E-state index contributed by atoms with van der Waals surface area (Å²) < 4.78 is 15.0. The number of hydrogen-bond acceptors (Lipinski definition) is 5. The Bertz CT molecular complexity index is 1030. The van der Waals surface area contributed by atoms with E-state index in [9.17, 15) is 14.0 Å². The molecule has 0 atom stereocenters. The molecule has 0 fully saturated rings. The number of thioether (sulfide) groups is 1. The van der Waals surface area contributed by atoms with E-state index in [1.54, 1.807) is 47.0 Å². The van der Waals surface area contributed by atoms with Crippen LogP contribution in [-0.4, -0.2) is 32.3 Å². The van der Waals surface area contributed by atoms with E-state index < -0.39 is 5.91 Å². The van der Waals surface area contributed by atoms with Gasteiger partial charge in [0.05, 0.1) is 5.75 Å². The second kappa shape index (κ2) is 9.16. The normalized spacial score (nSPS) is 10.5. The minimum atomic E-state index is -0.531. The first-order valence-corrected chi connectivity index (χ1v) is 9.59. The molecule has 1 aromatic heterocycles. The predicted octanol–water partition coefficient (Wildman–Crippen LogP) is 3.10. The average Bonchev–Trinajstić information content (AvgIpc) is 3.10. The van der Waals surface area contributed by atoms with Crippen molar-refractivity contribution >= 4 is 29.3 Å². The molecule has 0 spiro atoms. The maximum atomic E-state index is 13.2. The molecule has 148 valence electrons. The predicted molar refractivity (Wildman–Crippen MR) is 110 cm³/mol. The highest BCUT2D eigenvalue weighted by Gasteiger charge is 2.15. The SMILES string of the molecule is C=CCn1c(SCC(=O)Nc2ccc(C(N)=O)cc2)nnc1-c1ccc(F)cc1. The molecule has 0 bridgehead atoms. The molecular formula is C20H18FN5O2S. The number of allylic oxidation sites excluding steroid dienone is 1. The number of primary amides is 1. The third-order valence-corrected chi connectivity index (χ3v) is 4.88. The van der Waals surface area contributed by atoms with Crippen molar-refractivity contribution in [2.24, 2.45) is 5.73 Å². The molecule has 0 unspecified atom stereocenters. The minimum Gasteiger partial charge on any atom is -0.366 e. The topological polar surface area (TPSA) is 103 Å². The molecule has 3 N–H and O–H groups in total. The molecule has 2 amide bonds. The quantitative estimate of drug-likeness (QED) is 0.438. The van der Waals surface area contributed by atoms with Crippen LogP contribution in [0.2, 0.25) is 0 Å². The molecule has 0 aliphatic carbocycles. The summed E-state index contributed by atoms with van der Waals surface area (Å²) in [5.74, 6) is -0.431. The number of nitrogens with one attached hydrogen (secondary N) is 1. The van der Waals surface area contributed by atoms with Crippen LogP contribution in [0, 0.1) is 5.82 Å². The first-order chi connectivity index (χ1) is 14.0. The first kappa shape index (κ1) is 20.3. The van der Waals surface area contributed by atoms with Gasteiger partial charge in [0.2, 0.25) is 11.8 Å². The molecule has 1 heterocycles. The van der Waals surface area contributed by atoms with Gasteiger partial charge in [0, 0.05) is 23.4 Å². The number of amides is 2. The lowest BCUT2D eigenvalue weighted by molar-refractivity contribution is -0.113. The molecule has 29 heavy (non-hydrogen) atoms. The highest BCUT2D eigenvalue weighted by Crippen LogP contribution is 2.24. The number of rotatable bonds is 8. The molecular weight excluding hydrogens is 393 g/mol. The van der Waals surface area contributed by atoms with E-state index in [2.05, 4.69) is 22.1 Å². The van der Waals surface area contributed by atoms with Crippen LogP contribution in [0.1, 0.15) is 10.4 Å². The maximum Gasteiger partial charge on any atom is 0.248 e. The highest BCUT2D eigenvalue weighted by molar-refractivity contribution is 7.99. The molecule has 9 heteroatoms. The molecule has 0 aliphatic rings. The summed E-state index contributed by atoms with van der Waals surface area (Å²) in [5.41, 5.74) is 6.83. The van der Waals surface area contributed by atoms with Crippen molar-refractivity contribution in [3.05, 3.63) is 72.6 Å². The molecule has 7 nitrogen and oxygen atoms in total. The van der Waals surface area contributed by atoms with Gasteiger partial charge in [0.25, 0.3) is 0 Å². The molecule has 0 radical (unpaired) electrons. The highest BCUT2D eigenvalue weighted by atomic mass is 32.2. The number of nitrogens with two attached hydrogens (primary N) is 1. The van der Waals surface area contributed by atoms with Crippen LogP contribution in [0.25, 0.3) is 11.4 Å². The van der Waals surface area contributed by atoms with Crippen molar-refractivity contribution < 1.29 is 14.0 Å². The zero-order valence-electron chi connectivity index (χ0n) is 15.3. The third-order valence-electron chi connectivity index (χ3n) is 3.92. The Kier molecular flexibility index (Phi) is 6.40. The van der Waals surface area contributed by atoms with Gasteiger partial charge in [-0.1, -0.05) is 17.8 Å². The van der Waals surface area contributed by atoms with Crippen molar-refractivity contribution in [2.45, 2.75) is 11.7 Å². The summed E-state index contributed by atoms with van der Waals surface area (Å²) >= 11 is 1.22. The lowest BCUT2D eigenvalue weighted by Crippen LogP contribution is -2.15. The molecule has 3 rings (SSSR count). The van der Waals surface area contributed by atoms with E-state index in [0.717, 1.165) is 0 Å². The Balaban J connectivity index is 1.68. The number of halogens is 1. The van der Waals surface area contributed by atoms with Crippen molar-refractivity contribution in [2.75, 3.05) is 11.1 Å². The standard InChI is InChI=1S/C20H18FN5O2S/c1-2-11-26-19(14-3-7-15(21)8-4-14)24-25-20(26)29-12-17(27)23-16-9-5-13(6-10-16)18(22)28/h2-10H,1,11-12H2,(H2,22,28)(H,23,27). The molecule has 3 aromatic rings. The zero-order chi connectivity index (χ0) is 20.8. The lowest BCUT2D eigenvalue weighted by Gasteiger charge is -2.08. The average molecular weight is 411 g/mol. The van der Waals surface area contributed by atoms with Crippen LogP contribution in [0.4, 0.5) is 10.1 Å². The Morgan fingerprint density at radius 3 is 2.45 bits per heavy atom. The lowest BCUT2D eigenvalue weighted by atomic mass is 10.2. The van der Waals surface area contributed by atoms with Gasteiger partial charge in [-0.2, -0.15) is 0 Å². The van der Waals surface area contributed by atoms with Gasteiger partial charge in [0.1, 0.15) is 5.82 Å². The molecule has 0 saturated carbocycles. The van der Waals surface area contributed by atoms with Crippen LogP contribution in [0.15, 0.2) is 66.3 Å². The largest absolute Gasteiger partial charge is 0.366 e. The van der Waals surface area contributed by atoms with E-state index in [1.165, 1.54) is 23.9 Å². The summed E-state index contributed by atoms with van der Waals surface area (Å²) in [4.78, 5) is 23.3. The molecule has 0 saturated heterocycles. The van der Waals surface area contributed by atoms with Gasteiger partial charge in [-0.05, 0) is 48.5 Å². The first-order valence-electron chi connectivity index (χ1n) is 8.60. The van der Waals surface area contributed by atoms with E-state index in [1.807, 2.05) is 0 Å². The Hall–Kier alpha value is -3.46. The fourth-order valence-electron chi connectivity index (χ4n) is 2.55. The summed E-state index contributed by atoms with van der Waals surface area (Å²) in [7, 11) is 0. The Labute approximate surface area is 170 Å².